The number of furan rings is 1. The zero-order valence-electron chi connectivity index (χ0n) is 8.07. The van der Waals surface area contributed by atoms with Crippen LogP contribution in [0.3, 0.4) is 0 Å². The fourth-order valence-corrected chi connectivity index (χ4v) is 2.01. The first kappa shape index (κ1) is 9.34. The third-order valence-electron chi connectivity index (χ3n) is 2.16. The average Bonchev–Trinajstić information content (AvgIpc) is 2.86. The zero-order chi connectivity index (χ0) is 9.80. The van der Waals surface area contributed by atoms with Crippen molar-refractivity contribution in [2.75, 3.05) is 5.32 Å². The van der Waals surface area contributed by atoms with Crippen molar-refractivity contribution in [1.29, 1.82) is 0 Å². The van der Waals surface area contributed by atoms with Gasteiger partial charge in [-0.15, -0.1) is 0 Å². The van der Waals surface area contributed by atoms with Crippen LogP contribution in [-0.4, -0.2) is 0 Å². The van der Waals surface area contributed by atoms with Crippen molar-refractivity contribution in [2.24, 2.45) is 0 Å². The Morgan fingerprint density at radius 3 is 3.00 bits per heavy atom. The van der Waals surface area contributed by atoms with Crippen LogP contribution in [0.5, 0.6) is 0 Å². The van der Waals surface area contributed by atoms with Crippen molar-refractivity contribution < 1.29 is 4.42 Å². The summed E-state index contributed by atoms with van der Waals surface area (Å²) in [5, 5.41) is 7.60. The Kier molecular flexibility index (Phi) is 2.89. The molecule has 0 saturated heterocycles. The molecular weight excluding hydrogens is 194 g/mol. The molecule has 0 amide bonds. The molecule has 2 rings (SSSR count). The second-order valence-corrected chi connectivity index (χ2v) is 3.91. The first-order chi connectivity index (χ1) is 6.90. The molecule has 1 atom stereocenters. The van der Waals surface area contributed by atoms with E-state index in [9.17, 15) is 0 Å². The molecule has 0 spiro atoms. The molecule has 0 aliphatic carbocycles. The van der Waals surface area contributed by atoms with E-state index in [0.717, 1.165) is 12.2 Å². The van der Waals surface area contributed by atoms with E-state index >= 15 is 0 Å². The van der Waals surface area contributed by atoms with E-state index in [1.807, 2.05) is 12.1 Å². The molecule has 14 heavy (non-hydrogen) atoms. The minimum Gasteiger partial charge on any atom is -0.467 e. The molecule has 1 N–H and O–H groups in total. The minimum atomic E-state index is 0.277. The van der Waals surface area contributed by atoms with Gasteiger partial charge in [0.15, 0.2) is 0 Å². The van der Waals surface area contributed by atoms with Crippen LogP contribution >= 0.6 is 11.3 Å². The number of rotatable bonds is 4. The third-order valence-corrected chi connectivity index (χ3v) is 2.84. The quantitative estimate of drug-likeness (QED) is 0.822. The molecule has 2 aromatic heterocycles. The van der Waals surface area contributed by atoms with Crippen molar-refractivity contribution in [3.05, 3.63) is 41.0 Å². The summed E-state index contributed by atoms with van der Waals surface area (Å²) >= 11 is 1.70. The molecule has 0 saturated carbocycles. The Balaban J connectivity index is 2.08. The Morgan fingerprint density at radius 2 is 2.43 bits per heavy atom. The van der Waals surface area contributed by atoms with Gasteiger partial charge in [0, 0.05) is 11.1 Å². The molecule has 0 radical (unpaired) electrons. The lowest BCUT2D eigenvalue weighted by Crippen LogP contribution is -2.07. The number of thiophene rings is 1. The third kappa shape index (κ3) is 1.99. The summed E-state index contributed by atoms with van der Waals surface area (Å²) in [4.78, 5) is 0. The van der Waals surface area contributed by atoms with Crippen molar-refractivity contribution in [3.63, 3.8) is 0 Å². The monoisotopic (exact) mass is 207 g/mol. The van der Waals surface area contributed by atoms with Gasteiger partial charge in [0.05, 0.1) is 12.3 Å². The summed E-state index contributed by atoms with van der Waals surface area (Å²) in [6.07, 6.45) is 2.73. The Morgan fingerprint density at radius 1 is 1.50 bits per heavy atom. The van der Waals surface area contributed by atoms with Crippen LogP contribution in [-0.2, 0) is 0 Å². The van der Waals surface area contributed by atoms with E-state index in [1.165, 1.54) is 5.69 Å². The summed E-state index contributed by atoms with van der Waals surface area (Å²) in [7, 11) is 0. The van der Waals surface area contributed by atoms with Gasteiger partial charge in [-0.1, -0.05) is 6.92 Å². The van der Waals surface area contributed by atoms with Crippen LogP contribution in [0.15, 0.2) is 39.6 Å². The van der Waals surface area contributed by atoms with Gasteiger partial charge in [-0.05, 0) is 30.0 Å². The lowest BCUT2D eigenvalue weighted by Gasteiger charge is -2.14. The second-order valence-electron chi connectivity index (χ2n) is 3.13. The highest BCUT2D eigenvalue weighted by atomic mass is 32.1. The fourth-order valence-electron chi connectivity index (χ4n) is 1.41. The van der Waals surface area contributed by atoms with Crippen LogP contribution in [0.25, 0.3) is 0 Å². The van der Waals surface area contributed by atoms with E-state index in [2.05, 4.69) is 29.1 Å². The van der Waals surface area contributed by atoms with Gasteiger partial charge in [0.1, 0.15) is 5.76 Å². The topological polar surface area (TPSA) is 25.2 Å². The Labute approximate surface area is 87.6 Å². The summed E-state index contributed by atoms with van der Waals surface area (Å²) < 4.78 is 5.38. The molecule has 74 valence electrons. The van der Waals surface area contributed by atoms with Crippen molar-refractivity contribution >= 4 is 17.0 Å². The van der Waals surface area contributed by atoms with Gasteiger partial charge in [-0.2, -0.15) is 11.3 Å². The molecule has 2 aromatic rings. The molecule has 0 aliphatic heterocycles. The molecule has 0 bridgehead atoms. The Hall–Kier alpha value is -1.22. The van der Waals surface area contributed by atoms with Crippen LogP contribution in [0.4, 0.5) is 5.69 Å². The first-order valence-electron chi connectivity index (χ1n) is 4.72. The highest BCUT2D eigenvalue weighted by Gasteiger charge is 2.11. The SMILES string of the molecule is CCC(Nc1ccsc1)c1ccco1. The van der Waals surface area contributed by atoms with E-state index in [0.29, 0.717) is 0 Å². The smallest absolute Gasteiger partial charge is 0.125 e. The largest absolute Gasteiger partial charge is 0.467 e. The number of hydrogen-bond acceptors (Lipinski definition) is 3. The maximum Gasteiger partial charge on any atom is 0.125 e. The van der Waals surface area contributed by atoms with Crippen LogP contribution in [0, 0.1) is 0 Å². The number of anilines is 1. The maximum absolute atomic E-state index is 5.38. The first-order valence-corrected chi connectivity index (χ1v) is 5.66. The molecule has 0 aromatic carbocycles. The lowest BCUT2D eigenvalue weighted by atomic mass is 10.1. The summed E-state index contributed by atoms with van der Waals surface area (Å²) in [6.45, 7) is 2.15. The lowest BCUT2D eigenvalue weighted by molar-refractivity contribution is 0.474. The van der Waals surface area contributed by atoms with Crippen LogP contribution in [0.1, 0.15) is 25.1 Å². The average molecular weight is 207 g/mol. The molecule has 3 heteroatoms. The predicted molar refractivity (Wildman–Crippen MR) is 59.7 cm³/mol. The predicted octanol–water partition coefficient (Wildman–Crippen LogP) is 3.90. The van der Waals surface area contributed by atoms with Gasteiger partial charge in [-0.25, -0.2) is 0 Å². The van der Waals surface area contributed by atoms with Gasteiger partial charge in [-0.3, -0.25) is 0 Å². The summed E-state index contributed by atoms with van der Waals surface area (Å²) in [6, 6.07) is 6.29. The zero-order valence-corrected chi connectivity index (χ0v) is 8.88. The highest BCUT2D eigenvalue weighted by Crippen LogP contribution is 2.23. The van der Waals surface area contributed by atoms with Crippen LogP contribution < -0.4 is 5.32 Å². The fraction of sp³-hybridized carbons (Fsp3) is 0.273. The normalized spacial score (nSPS) is 12.6. The minimum absolute atomic E-state index is 0.277. The van der Waals surface area contributed by atoms with Crippen molar-refractivity contribution in [3.8, 4) is 0 Å². The molecule has 0 aliphatic rings. The van der Waals surface area contributed by atoms with Gasteiger partial charge in [0.25, 0.3) is 0 Å². The summed E-state index contributed by atoms with van der Waals surface area (Å²) in [5.41, 5.74) is 1.17. The summed E-state index contributed by atoms with van der Waals surface area (Å²) in [5.74, 6) is 0.999. The number of nitrogens with one attached hydrogen (secondary N) is 1. The van der Waals surface area contributed by atoms with E-state index in [4.69, 9.17) is 4.42 Å². The van der Waals surface area contributed by atoms with Gasteiger partial charge >= 0.3 is 0 Å². The second kappa shape index (κ2) is 4.33. The van der Waals surface area contributed by atoms with Gasteiger partial charge in [0.2, 0.25) is 0 Å². The molecule has 2 heterocycles. The molecular formula is C11H13NOS. The standard InChI is InChI=1S/C11H13NOS/c1-2-10(11-4-3-6-13-11)12-9-5-7-14-8-9/h3-8,10,12H,2H2,1H3. The molecule has 2 nitrogen and oxygen atoms in total. The Bertz CT molecular complexity index is 353. The van der Waals surface area contributed by atoms with E-state index in [-0.39, 0.29) is 6.04 Å². The highest BCUT2D eigenvalue weighted by molar-refractivity contribution is 7.08. The number of hydrogen-bond donors (Lipinski definition) is 1. The van der Waals surface area contributed by atoms with E-state index in [1.54, 1.807) is 17.6 Å². The van der Waals surface area contributed by atoms with Crippen molar-refractivity contribution in [1.82, 2.24) is 0 Å². The maximum atomic E-state index is 5.38. The molecule has 0 fully saturated rings. The van der Waals surface area contributed by atoms with Gasteiger partial charge < -0.3 is 9.73 Å². The van der Waals surface area contributed by atoms with Crippen molar-refractivity contribution in [2.45, 2.75) is 19.4 Å². The van der Waals surface area contributed by atoms with E-state index < -0.39 is 0 Å². The molecule has 1 unspecified atom stereocenters. The van der Waals surface area contributed by atoms with Crippen LogP contribution in [0.2, 0.25) is 0 Å².